The maximum absolute atomic E-state index is 13.4. The van der Waals surface area contributed by atoms with Crippen molar-refractivity contribution in [1.82, 2.24) is 4.90 Å². The zero-order valence-electron chi connectivity index (χ0n) is 14.0. The first-order valence-corrected chi connectivity index (χ1v) is 8.28. The molecule has 1 fully saturated rings. The topological polar surface area (TPSA) is 40.5 Å². The van der Waals surface area contributed by atoms with Gasteiger partial charge < -0.3 is 5.11 Å². The van der Waals surface area contributed by atoms with Crippen molar-refractivity contribution in [2.24, 2.45) is 0 Å². The zero-order chi connectivity index (χ0) is 17.3. The first-order valence-electron chi connectivity index (χ1n) is 8.28. The molecule has 126 valence electrons. The summed E-state index contributed by atoms with van der Waals surface area (Å²) in [5, 5.41) is 9.58. The molecular formula is C20H22FNO2. The predicted octanol–water partition coefficient (Wildman–Crippen LogP) is 4.08. The number of carboxylic acids is 1. The number of carboxylic acid groups (broad SMARTS) is 1. The molecule has 1 aliphatic rings. The zero-order valence-corrected chi connectivity index (χ0v) is 14.0. The molecule has 0 bridgehead atoms. The van der Waals surface area contributed by atoms with Crippen LogP contribution in [-0.2, 0) is 4.79 Å². The van der Waals surface area contributed by atoms with Gasteiger partial charge in [-0.05, 0) is 55.5 Å². The van der Waals surface area contributed by atoms with Crippen LogP contribution >= 0.6 is 0 Å². The molecule has 2 atom stereocenters. The second-order valence-corrected chi connectivity index (χ2v) is 6.55. The van der Waals surface area contributed by atoms with Crippen LogP contribution in [0.15, 0.2) is 42.5 Å². The number of hydrogen-bond donors (Lipinski definition) is 1. The summed E-state index contributed by atoms with van der Waals surface area (Å²) in [7, 11) is 0. The van der Waals surface area contributed by atoms with E-state index in [1.54, 1.807) is 12.1 Å². The molecule has 0 amide bonds. The Labute approximate surface area is 141 Å². The van der Waals surface area contributed by atoms with E-state index in [1.165, 1.54) is 17.7 Å². The molecule has 3 nitrogen and oxygen atoms in total. The molecular weight excluding hydrogens is 305 g/mol. The largest absolute Gasteiger partial charge is 0.480 e. The third-order valence-electron chi connectivity index (χ3n) is 4.82. The van der Waals surface area contributed by atoms with Crippen LogP contribution in [0.2, 0.25) is 0 Å². The quantitative estimate of drug-likeness (QED) is 0.920. The lowest BCUT2D eigenvalue weighted by molar-refractivity contribution is -0.142. The van der Waals surface area contributed by atoms with Gasteiger partial charge in [-0.3, -0.25) is 9.69 Å². The van der Waals surface area contributed by atoms with Gasteiger partial charge in [-0.2, -0.15) is 0 Å². The Morgan fingerprint density at radius 3 is 2.54 bits per heavy atom. The van der Waals surface area contributed by atoms with Crippen LogP contribution in [0.4, 0.5) is 4.39 Å². The molecule has 4 heteroatoms. The maximum atomic E-state index is 13.4. The summed E-state index contributed by atoms with van der Waals surface area (Å²) < 4.78 is 13.4. The smallest absolute Gasteiger partial charge is 0.320 e. The molecule has 0 spiro atoms. The summed E-state index contributed by atoms with van der Waals surface area (Å²) in [4.78, 5) is 13.7. The van der Waals surface area contributed by atoms with Crippen molar-refractivity contribution >= 4 is 5.97 Å². The van der Waals surface area contributed by atoms with Crippen LogP contribution in [0.25, 0.3) is 0 Å². The SMILES string of the molecule is Cc1ccc(C(c2ccc(F)cc2)N2CCCC2C(=O)O)c(C)c1. The normalized spacial score (nSPS) is 19.4. The molecule has 0 aromatic heterocycles. The summed E-state index contributed by atoms with van der Waals surface area (Å²) in [6, 6.07) is 12.0. The first kappa shape index (κ1) is 16.7. The third kappa shape index (κ3) is 3.20. The molecule has 0 radical (unpaired) electrons. The molecule has 2 aromatic carbocycles. The number of rotatable bonds is 4. The molecule has 1 saturated heterocycles. The Morgan fingerprint density at radius 1 is 1.21 bits per heavy atom. The Bertz CT molecular complexity index is 742. The van der Waals surface area contributed by atoms with Crippen molar-refractivity contribution in [2.75, 3.05) is 6.54 Å². The van der Waals surface area contributed by atoms with E-state index in [1.807, 2.05) is 24.8 Å². The van der Waals surface area contributed by atoms with E-state index in [9.17, 15) is 14.3 Å². The van der Waals surface area contributed by atoms with Gasteiger partial charge >= 0.3 is 5.97 Å². The first-order chi connectivity index (χ1) is 11.5. The number of carbonyl (C=O) groups is 1. The number of likely N-dealkylation sites (tertiary alicyclic amines) is 1. The lowest BCUT2D eigenvalue weighted by Crippen LogP contribution is -2.39. The minimum atomic E-state index is -0.788. The van der Waals surface area contributed by atoms with Crippen LogP contribution in [0, 0.1) is 19.7 Å². The summed E-state index contributed by atoms with van der Waals surface area (Å²) in [6.45, 7) is 4.82. The molecule has 1 N–H and O–H groups in total. The molecule has 0 saturated carbocycles. The Morgan fingerprint density at radius 2 is 1.92 bits per heavy atom. The fourth-order valence-electron chi connectivity index (χ4n) is 3.69. The van der Waals surface area contributed by atoms with Gasteiger partial charge in [0.2, 0.25) is 0 Å². The molecule has 1 heterocycles. The fraction of sp³-hybridized carbons (Fsp3) is 0.350. The molecule has 0 aliphatic carbocycles. The van der Waals surface area contributed by atoms with Gasteiger partial charge in [-0.15, -0.1) is 0 Å². The van der Waals surface area contributed by atoms with Crippen molar-refractivity contribution in [3.63, 3.8) is 0 Å². The minimum Gasteiger partial charge on any atom is -0.480 e. The van der Waals surface area contributed by atoms with Crippen molar-refractivity contribution in [3.8, 4) is 0 Å². The second-order valence-electron chi connectivity index (χ2n) is 6.55. The van der Waals surface area contributed by atoms with Crippen LogP contribution in [0.1, 0.15) is 41.1 Å². The Hall–Kier alpha value is -2.20. The highest BCUT2D eigenvalue weighted by atomic mass is 19.1. The highest BCUT2D eigenvalue weighted by molar-refractivity contribution is 5.74. The van der Waals surface area contributed by atoms with E-state index in [-0.39, 0.29) is 11.9 Å². The van der Waals surface area contributed by atoms with Gasteiger partial charge in [-0.25, -0.2) is 4.39 Å². The van der Waals surface area contributed by atoms with Gasteiger partial charge in [0.1, 0.15) is 11.9 Å². The molecule has 2 unspecified atom stereocenters. The van der Waals surface area contributed by atoms with E-state index in [0.717, 1.165) is 29.7 Å². The van der Waals surface area contributed by atoms with Crippen LogP contribution in [0.5, 0.6) is 0 Å². The second kappa shape index (κ2) is 6.73. The lowest BCUT2D eigenvalue weighted by atomic mass is 9.92. The molecule has 2 aromatic rings. The fourth-order valence-corrected chi connectivity index (χ4v) is 3.69. The van der Waals surface area contributed by atoms with Gasteiger partial charge in [-0.1, -0.05) is 35.9 Å². The van der Waals surface area contributed by atoms with Gasteiger partial charge in [0.15, 0.2) is 0 Å². The van der Waals surface area contributed by atoms with Gasteiger partial charge in [0.25, 0.3) is 0 Å². The van der Waals surface area contributed by atoms with E-state index < -0.39 is 12.0 Å². The molecule has 1 aliphatic heterocycles. The number of hydrogen-bond acceptors (Lipinski definition) is 2. The van der Waals surface area contributed by atoms with Crippen LogP contribution in [-0.4, -0.2) is 28.6 Å². The maximum Gasteiger partial charge on any atom is 0.320 e. The molecule has 3 rings (SSSR count). The average Bonchev–Trinajstić information content (AvgIpc) is 3.01. The van der Waals surface area contributed by atoms with Gasteiger partial charge in [0.05, 0.1) is 6.04 Å². The highest BCUT2D eigenvalue weighted by Crippen LogP contribution is 2.36. The number of benzene rings is 2. The monoisotopic (exact) mass is 327 g/mol. The highest BCUT2D eigenvalue weighted by Gasteiger charge is 2.37. The van der Waals surface area contributed by atoms with E-state index >= 15 is 0 Å². The summed E-state index contributed by atoms with van der Waals surface area (Å²) in [5.74, 6) is -1.07. The van der Waals surface area contributed by atoms with Crippen molar-refractivity contribution in [3.05, 3.63) is 70.5 Å². The van der Waals surface area contributed by atoms with E-state index in [4.69, 9.17) is 0 Å². The standard InChI is InChI=1S/C20H22FNO2/c1-13-5-10-17(14(2)12-13)19(15-6-8-16(21)9-7-15)22-11-3-4-18(22)20(23)24/h5-10,12,18-19H,3-4,11H2,1-2H3,(H,23,24). The minimum absolute atomic E-state index is 0.171. The summed E-state index contributed by atoms with van der Waals surface area (Å²) in [6.07, 6.45) is 1.51. The lowest BCUT2D eigenvalue weighted by Gasteiger charge is -2.33. The van der Waals surface area contributed by atoms with Crippen LogP contribution in [0.3, 0.4) is 0 Å². The molecule has 24 heavy (non-hydrogen) atoms. The predicted molar refractivity (Wildman–Crippen MR) is 91.5 cm³/mol. The van der Waals surface area contributed by atoms with Crippen LogP contribution < -0.4 is 0 Å². The Balaban J connectivity index is 2.10. The van der Waals surface area contributed by atoms with Crippen molar-refractivity contribution in [2.45, 2.75) is 38.8 Å². The van der Waals surface area contributed by atoms with Crippen molar-refractivity contribution in [1.29, 1.82) is 0 Å². The van der Waals surface area contributed by atoms with E-state index in [0.29, 0.717) is 6.42 Å². The average molecular weight is 327 g/mol. The van der Waals surface area contributed by atoms with E-state index in [2.05, 4.69) is 12.1 Å². The van der Waals surface area contributed by atoms with Gasteiger partial charge in [0, 0.05) is 6.54 Å². The number of halogens is 1. The number of aliphatic carboxylic acids is 1. The van der Waals surface area contributed by atoms with Crippen molar-refractivity contribution < 1.29 is 14.3 Å². The summed E-state index contributed by atoms with van der Waals surface area (Å²) in [5.41, 5.74) is 4.31. The Kier molecular flexibility index (Phi) is 4.67. The number of aryl methyl sites for hydroxylation is 2. The number of nitrogens with zero attached hydrogens (tertiary/aromatic N) is 1. The third-order valence-corrected chi connectivity index (χ3v) is 4.82. The summed E-state index contributed by atoms with van der Waals surface area (Å²) >= 11 is 0.